The van der Waals surface area contributed by atoms with E-state index in [2.05, 4.69) is 30.2 Å². The van der Waals surface area contributed by atoms with E-state index in [1.165, 1.54) is 31.0 Å². The van der Waals surface area contributed by atoms with Crippen LogP contribution in [0.25, 0.3) is 11.4 Å². The van der Waals surface area contributed by atoms with Crippen molar-refractivity contribution in [3.63, 3.8) is 0 Å². The van der Waals surface area contributed by atoms with Gasteiger partial charge in [0.1, 0.15) is 22.2 Å². The predicted octanol–water partition coefficient (Wildman–Crippen LogP) is 3.49. The summed E-state index contributed by atoms with van der Waals surface area (Å²) in [7, 11) is 0. The molecule has 11 heteroatoms. The molecule has 3 aromatic rings. The number of nitrogens with one attached hydrogen (secondary N) is 1. The van der Waals surface area contributed by atoms with E-state index in [1.54, 1.807) is 6.92 Å². The Morgan fingerprint density at radius 1 is 1.11 bits per heavy atom. The van der Waals surface area contributed by atoms with Gasteiger partial charge in [-0.1, -0.05) is 11.6 Å². The Balaban J connectivity index is 1.88. The van der Waals surface area contributed by atoms with Gasteiger partial charge in [0.15, 0.2) is 0 Å². The third-order valence-corrected chi connectivity index (χ3v) is 3.83. The maximum Gasteiger partial charge on any atom is 0.433 e. The van der Waals surface area contributed by atoms with E-state index in [4.69, 9.17) is 11.6 Å². The van der Waals surface area contributed by atoms with Crippen molar-refractivity contribution in [2.24, 2.45) is 0 Å². The Morgan fingerprint density at radius 3 is 2.50 bits per heavy atom. The molecule has 0 fully saturated rings. The summed E-state index contributed by atoms with van der Waals surface area (Å²) in [6.45, 7) is 1.62. The predicted molar refractivity (Wildman–Crippen MR) is 93.2 cm³/mol. The SMILES string of the molecule is CC(NC(=O)c1cc(Cl)nc(C(F)(F)F)c1)c1nccnc1-c1cnccn1. The van der Waals surface area contributed by atoms with Crippen LogP contribution in [0.15, 0.2) is 43.1 Å². The van der Waals surface area contributed by atoms with E-state index in [0.29, 0.717) is 23.1 Å². The highest BCUT2D eigenvalue weighted by Crippen LogP contribution is 2.29. The second-order valence-electron chi connectivity index (χ2n) is 5.64. The van der Waals surface area contributed by atoms with Crippen molar-refractivity contribution in [1.82, 2.24) is 30.2 Å². The number of pyridine rings is 1. The number of hydrogen-bond acceptors (Lipinski definition) is 6. The summed E-state index contributed by atoms with van der Waals surface area (Å²) in [6.07, 6.45) is 2.63. The summed E-state index contributed by atoms with van der Waals surface area (Å²) in [6, 6.07) is 1.01. The molecule has 0 aliphatic rings. The maximum atomic E-state index is 12.9. The minimum Gasteiger partial charge on any atom is -0.344 e. The fourth-order valence-electron chi connectivity index (χ4n) is 2.41. The van der Waals surface area contributed by atoms with E-state index in [0.717, 1.165) is 6.07 Å². The van der Waals surface area contributed by atoms with Crippen LogP contribution in [0, 0.1) is 0 Å². The molecule has 1 atom stereocenters. The molecule has 0 saturated carbocycles. The lowest BCUT2D eigenvalue weighted by Crippen LogP contribution is -2.28. The number of rotatable bonds is 4. The molecule has 3 aromatic heterocycles. The first kappa shape index (κ1) is 19.6. The zero-order chi connectivity index (χ0) is 20.3. The monoisotopic (exact) mass is 408 g/mol. The summed E-state index contributed by atoms with van der Waals surface area (Å²) in [5.74, 6) is -0.766. The van der Waals surface area contributed by atoms with Crippen LogP contribution in [-0.2, 0) is 6.18 Å². The van der Waals surface area contributed by atoms with E-state index in [9.17, 15) is 18.0 Å². The zero-order valence-corrected chi connectivity index (χ0v) is 15.0. The van der Waals surface area contributed by atoms with Gasteiger partial charge in [-0.15, -0.1) is 0 Å². The third kappa shape index (κ3) is 4.39. The minimum absolute atomic E-state index is 0.274. The first-order valence-electron chi connectivity index (χ1n) is 7.88. The van der Waals surface area contributed by atoms with Crippen LogP contribution in [0.3, 0.4) is 0 Å². The van der Waals surface area contributed by atoms with Crippen LogP contribution >= 0.6 is 11.6 Å². The molecule has 0 spiro atoms. The van der Waals surface area contributed by atoms with Crippen LogP contribution < -0.4 is 5.32 Å². The summed E-state index contributed by atoms with van der Waals surface area (Å²) in [5, 5.41) is 2.15. The van der Waals surface area contributed by atoms with Gasteiger partial charge in [-0.2, -0.15) is 13.2 Å². The van der Waals surface area contributed by atoms with Crippen LogP contribution in [0.1, 0.15) is 34.7 Å². The minimum atomic E-state index is -4.73. The summed E-state index contributed by atoms with van der Waals surface area (Å²) in [4.78, 5) is 32.2. The van der Waals surface area contributed by atoms with Crippen LogP contribution in [0.4, 0.5) is 13.2 Å². The molecule has 3 rings (SSSR count). The summed E-state index contributed by atoms with van der Waals surface area (Å²) >= 11 is 5.63. The molecular formula is C17H12ClF3N6O. The highest BCUT2D eigenvalue weighted by atomic mass is 35.5. The van der Waals surface area contributed by atoms with Crippen LogP contribution in [-0.4, -0.2) is 30.8 Å². The first-order valence-corrected chi connectivity index (χ1v) is 8.26. The second-order valence-corrected chi connectivity index (χ2v) is 6.02. The lowest BCUT2D eigenvalue weighted by Gasteiger charge is -2.16. The Bertz CT molecular complexity index is 1000. The van der Waals surface area contributed by atoms with Gasteiger partial charge in [-0.25, -0.2) is 4.98 Å². The van der Waals surface area contributed by atoms with Gasteiger partial charge in [-0.3, -0.25) is 24.7 Å². The Labute approximate surface area is 162 Å². The second kappa shape index (κ2) is 7.85. The van der Waals surface area contributed by atoms with Crippen LogP contribution in [0.2, 0.25) is 5.15 Å². The van der Waals surface area contributed by atoms with Crippen molar-refractivity contribution in [2.75, 3.05) is 0 Å². The van der Waals surface area contributed by atoms with Crippen molar-refractivity contribution >= 4 is 17.5 Å². The molecule has 0 radical (unpaired) electrons. The average Bonchev–Trinajstić information content (AvgIpc) is 2.67. The molecule has 28 heavy (non-hydrogen) atoms. The zero-order valence-electron chi connectivity index (χ0n) is 14.3. The van der Waals surface area contributed by atoms with E-state index in [-0.39, 0.29) is 5.56 Å². The van der Waals surface area contributed by atoms with E-state index < -0.39 is 29.0 Å². The highest BCUT2D eigenvalue weighted by molar-refractivity contribution is 6.29. The topological polar surface area (TPSA) is 93.6 Å². The van der Waals surface area contributed by atoms with Gasteiger partial charge in [0.25, 0.3) is 5.91 Å². The number of aromatic nitrogens is 5. The number of carbonyl (C=O) groups is 1. The van der Waals surface area contributed by atoms with Crippen molar-refractivity contribution < 1.29 is 18.0 Å². The molecule has 0 aliphatic heterocycles. The number of amides is 1. The van der Waals surface area contributed by atoms with E-state index >= 15 is 0 Å². The Morgan fingerprint density at radius 2 is 1.82 bits per heavy atom. The van der Waals surface area contributed by atoms with Gasteiger partial charge >= 0.3 is 6.18 Å². The largest absolute Gasteiger partial charge is 0.433 e. The Hall–Kier alpha value is -3.14. The third-order valence-electron chi connectivity index (χ3n) is 3.64. The maximum absolute atomic E-state index is 12.9. The molecule has 1 unspecified atom stereocenters. The fourth-order valence-corrected chi connectivity index (χ4v) is 2.61. The molecule has 144 valence electrons. The van der Waals surface area contributed by atoms with Crippen molar-refractivity contribution in [2.45, 2.75) is 19.1 Å². The molecular weight excluding hydrogens is 397 g/mol. The number of carbonyl (C=O) groups excluding carboxylic acids is 1. The van der Waals surface area contributed by atoms with Crippen molar-refractivity contribution in [3.05, 3.63) is 65.2 Å². The number of nitrogens with zero attached hydrogens (tertiary/aromatic N) is 5. The molecule has 7 nitrogen and oxygen atoms in total. The van der Waals surface area contributed by atoms with Gasteiger partial charge in [0.05, 0.1) is 17.9 Å². The molecule has 0 saturated heterocycles. The standard InChI is InChI=1S/C17H12ClF3N6O/c1-9(14-15(25-5-4-24-14)11-8-22-2-3-23-11)26-16(28)10-6-12(17(19,20)21)27-13(18)7-10/h2-9H,1H3,(H,26,28). The fraction of sp³-hybridized carbons (Fsp3) is 0.176. The molecule has 0 bridgehead atoms. The highest BCUT2D eigenvalue weighted by Gasteiger charge is 2.34. The Kier molecular flexibility index (Phi) is 5.50. The molecule has 0 aromatic carbocycles. The summed E-state index contributed by atoms with van der Waals surface area (Å²) < 4.78 is 38.7. The quantitative estimate of drug-likeness (QED) is 0.664. The first-order chi connectivity index (χ1) is 13.3. The lowest BCUT2D eigenvalue weighted by atomic mass is 10.1. The van der Waals surface area contributed by atoms with Gasteiger partial charge < -0.3 is 5.32 Å². The van der Waals surface area contributed by atoms with Crippen molar-refractivity contribution in [1.29, 1.82) is 0 Å². The molecule has 1 N–H and O–H groups in total. The number of halogens is 4. The normalized spacial score (nSPS) is 12.5. The molecule has 3 heterocycles. The number of alkyl halides is 3. The van der Waals surface area contributed by atoms with Gasteiger partial charge in [0, 0.05) is 30.4 Å². The average molecular weight is 409 g/mol. The lowest BCUT2D eigenvalue weighted by molar-refractivity contribution is -0.141. The van der Waals surface area contributed by atoms with E-state index in [1.807, 2.05) is 0 Å². The van der Waals surface area contributed by atoms with Gasteiger partial charge in [-0.05, 0) is 19.1 Å². The number of hydrogen-bond donors (Lipinski definition) is 1. The van der Waals surface area contributed by atoms with Gasteiger partial charge in [0.2, 0.25) is 0 Å². The van der Waals surface area contributed by atoms with Crippen molar-refractivity contribution in [3.8, 4) is 11.4 Å². The molecule has 0 aliphatic carbocycles. The summed E-state index contributed by atoms with van der Waals surface area (Å²) in [5.41, 5.74) is -0.306. The molecule has 1 amide bonds. The smallest absolute Gasteiger partial charge is 0.344 e. The van der Waals surface area contributed by atoms with Crippen LogP contribution in [0.5, 0.6) is 0 Å².